The van der Waals surface area contributed by atoms with Crippen molar-refractivity contribution in [3.05, 3.63) is 75.3 Å². The lowest BCUT2D eigenvalue weighted by Gasteiger charge is -2.13. The molecule has 0 amide bonds. The van der Waals surface area contributed by atoms with Crippen molar-refractivity contribution in [2.24, 2.45) is 0 Å². The summed E-state index contributed by atoms with van der Waals surface area (Å²) in [6, 6.07) is 14.1. The van der Waals surface area contributed by atoms with Crippen LogP contribution in [0.15, 0.2) is 48.5 Å². The maximum atomic E-state index is 11.0. The van der Waals surface area contributed by atoms with E-state index in [1.165, 1.54) is 6.07 Å². The summed E-state index contributed by atoms with van der Waals surface area (Å²) in [5.41, 5.74) is 2.24. The van der Waals surface area contributed by atoms with Gasteiger partial charge >= 0.3 is 0 Å². The lowest BCUT2D eigenvalue weighted by molar-refractivity contribution is -0.385. The van der Waals surface area contributed by atoms with Gasteiger partial charge in [-0.1, -0.05) is 42.5 Å². The number of nitro benzene ring substituents is 1. The van der Waals surface area contributed by atoms with E-state index < -0.39 is 11.0 Å². The Morgan fingerprint density at radius 3 is 2.47 bits per heavy atom. The molecule has 0 bridgehead atoms. The van der Waals surface area contributed by atoms with Crippen molar-refractivity contribution in [2.45, 2.75) is 19.4 Å². The average Bonchev–Trinajstić information content (AvgIpc) is 2.41. The fourth-order valence-corrected chi connectivity index (χ4v) is 2.11. The summed E-state index contributed by atoms with van der Waals surface area (Å²) in [6.45, 7) is 1.82. The van der Waals surface area contributed by atoms with Gasteiger partial charge in [0.25, 0.3) is 5.69 Å². The van der Waals surface area contributed by atoms with Crippen molar-refractivity contribution in [2.75, 3.05) is 0 Å². The van der Waals surface area contributed by atoms with E-state index in [0.29, 0.717) is 5.56 Å². The fourth-order valence-electron chi connectivity index (χ4n) is 2.11. The molecule has 0 spiro atoms. The fraction of sp³-hybridized carbons (Fsp3) is 0.200. The minimum Gasteiger partial charge on any atom is -0.388 e. The summed E-state index contributed by atoms with van der Waals surface area (Å²) in [4.78, 5) is 10.6. The van der Waals surface area contributed by atoms with Crippen molar-refractivity contribution in [3.8, 4) is 0 Å². The molecule has 0 saturated carbocycles. The molecule has 1 atom stereocenters. The maximum absolute atomic E-state index is 11.0. The number of hydrogen-bond donors (Lipinski definition) is 1. The monoisotopic (exact) mass is 257 g/mol. The van der Waals surface area contributed by atoms with Crippen LogP contribution in [0.2, 0.25) is 0 Å². The normalized spacial score (nSPS) is 12.1. The topological polar surface area (TPSA) is 63.4 Å². The number of nitrogens with zero attached hydrogens (tertiary/aromatic N) is 1. The molecule has 0 saturated heterocycles. The third-order valence-electron chi connectivity index (χ3n) is 3.16. The second-order valence-electron chi connectivity index (χ2n) is 4.46. The highest BCUT2D eigenvalue weighted by Crippen LogP contribution is 2.27. The molecule has 4 heteroatoms. The van der Waals surface area contributed by atoms with Gasteiger partial charge in [-0.25, -0.2) is 0 Å². The van der Waals surface area contributed by atoms with Crippen LogP contribution in [0.5, 0.6) is 0 Å². The summed E-state index contributed by atoms with van der Waals surface area (Å²) >= 11 is 0. The lowest BCUT2D eigenvalue weighted by Crippen LogP contribution is -2.06. The Bertz CT molecular complexity index is 581. The molecule has 0 fully saturated rings. The van der Waals surface area contributed by atoms with Crippen LogP contribution in [0, 0.1) is 17.0 Å². The molecule has 4 nitrogen and oxygen atoms in total. The van der Waals surface area contributed by atoms with Crippen molar-refractivity contribution in [3.63, 3.8) is 0 Å². The molecule has 0 aliphatic rings. The lowest BCUT2D eigenvalue weighted by atomic mass is 9.97. The number of rotatable bonds is 4. The van der Waals surface area contributed by atoms with E-state index in [2.05, 4.69) is 0 Å². The molecule has 1 N–H and O–H groups in total. The largest absolute Gasteiger partial charge is 0.388 e. The third kappa shape index (κ3) is 2.98. The van der Waals surface area contributed by atoms with E-state index >= 15 is 0 Å². The van der Waals surface area contributed by atoms with Gasteiger partial charge in [-0.15, -0.1) is 0 Å². The minimum absolute atomic E-state index is 0.0648. The standard InChI is InChI=1S/C15H15NO3/c1-11-6-5-9-14(16(18)19)13(11)10-15(17)12-7-3-2-4-8-12/h2-9,15,17H,10H2,1H3. The number of hydrogen-bond acceptors (Lipinski definition) is 3. The van der Waals surface area contributed by atoms with E-state index in [-0.39, 0.29) is 12.1 Å². The molecular weight excluding hydrogens is 242 g/mol. The van der Waals surface area contributed by atoms with Crippen molar-refractivity contribution >= 4 is 5.69 Å². The van der Waals surface area contributed by atoms with Gasteiger partial charge in [-0.2, -0.15) is 0 Å². The Balaban J connectivity index is 2.31. The van der Waals surface area contributed by atoms with Crippen molar-refractivity contribution < 1.29 is 10.0 Å². The summed E-state index contributed by atoms with van der Waals surface area (Å²) in [7, 11) is 0. The first-order chi connectivity index (χ1) is 9.09. The zero-order chi connectivity index (χ0) is 13.8. The van der Waals surface area contributed by atoms with Crippen LogP contribution >= 0.6 is 0 Å². The predicted molar refractivity (Wildman–Crippen MR) is 72.9 cm³/mol. The Kier molecular flexibility index (Phi) is 3.92. The molecule has 2 aromatic carbocycles. The van der Waals surface area contributed by atoms with Gasteiger partial charge in [0, 0.05) is 18.1 Å². The second-order valence-corrected chi connectivity index (χ2v) is 4.46. The zero-order valence-corrected chi connectivity index (χ0v) is 10.6. The first kappa shape index (κ1) is 13.2. The van der Waals surface area contributed by atoms with Gasteiger partial charge in [0.15, 0.2) is 0 Å². The molecule has 98 valence electrons. The molecular formula is C15H15NO3. The third-order valence-corrected chi connectivity index (χ3v) is 3.16. The molecule has 0 radical (unpaired) electrons. The van der Waals surface area contributed by atoms with Crippen LogP contribution in [0.3, 0.4) is 0 Å². The highest BCUT2D eigenvalue weighted by Gasteiger charge is 2.19. The van der Waals surface area contributed by atoms with E-state index in [9.17, 15) is 15.2 Å². The van der Waals surface area contributed by atoms with Crippen molar-refractivity contribution in [1.29, 1.82) is 0 Å². The molecule has 19 heavy (non-hydrogen) atoms. The minimum atomic E-state index is -0.735. The first-order valence-electron chi connectivity index (χ1n) is 6.05. The van der Waals surface area contributed by atoms with Crippen LogP contribution < -0.4 is 0 Å². The van der Waals surface area contributed by atoms with Crippen LogP contribution in [-0.4, -0.2) is 10.0 Å². The predicted octanol–water partition coefficient (Wildman–Crippen LogP) is 3.18. The Labute approximate surface area is 111 Å². The van der Waals surface area contributed by atoms with Gasteiger partial charge in [0.2, 0.25) is 0 Å². The van der Waals surface area contributed by atoms with Crippen LogP contribution in [0.4, 0.5) is 5.69 Å². The van der Waals surface area contributed by atoms with E-state index in [0.717, 1.165) is 11.1 Å². The zero-order valence-electron chi connectivity index (χ0n) is 10.6. The molecule has 0 aliphatic carbocycles. The SMILES string of the molecule is Cc1cccc([N+](=O)[O-])c1CC(O)c1ccccc1. The number of nitro groups is 1. The second kappa shape index (κ2) is 5.63. The first-order valence-corrected chi connectivity index (χ1v) is 6.05. The maximum Gasteiger partial charge on any atom is 0.272 e. The number of aliphatic hydroxyl groups is 1. The average molecular weight is 257 g/mol. The molecule has 2 aromatic rings. The van der Waals surface area contributed by atoms with Gasteiger partial charge in [-0.3, -0.25) is 10.1 Å². The van der Waals surface area contributed by atoms with Gasteiger partial charge in [-0.05, 0) is 18.1 Å². The highest BCUT2D eigenvalue weighted by molar-refractivity contribution is 5.45. The number of aryl methyl sites for hydroxylation is 1. The van der Waals surface area contributed by atoms with Crippen LogP contribution in [0.25, 0.3) is 0 Å². The highest BCUT2D eigenvalue weighted by atomic mass is 16.6. The summed E-state index contributed by atoms with van der Waals surface area (Å²) in [6.07, 6.45) is -0.492. The number of benzene rings is 2. The molecule has 1 unspecified atom stereocenters. The Morgan fingerprint density at radius 1 is 1.16 bits per heavy atom. The van der Waals surface area contributed by atoms with Gasteiger partial charge in [0.05, 0.1) is 11.0 Å². The van der Waals surface area contributed by atoms with Crippen LogP contribution in [-0.2, 0) is 6.42 Å². The molecule has 0 aromatic heterocycles. The summed E-state index contributed by atoms with van der Waals surface area (Å²) < 4.78 is 0. The van der Waals surface area contributed by atoms with Gasteiger partial charge < -0.3 is 5.11 Å². The summed E-state index contributed by atoms with van der Waals surface area (Å²) in [5, 5.41) is 21.2. The number of aliphatic hydroxyl groups excluding tert-OH is 1. The Morgan fingerprint density at radius 2 is 1.84 bits per heavy atom. The van der Waals surface area contributed by atoms with Gasteiger partial charge in [0.1, 0.15) is 0 Å². The quantitative estimate of drug-likeness (QED) is 0.675. The molecule has 0 aliphatic heterocycles. The molecule has 2 rings (SSSR count). The van der Waals surface area contributed by atoms with Crippen LogP contribution in [0.1, 0.15) is 22.8 Å². The van der Waals surface area contributed by atoms with E-state index in [1.54, 1.807) is 6.07 Å². The van der Waals surface area contributed by atoms with E-state index in [4.69, 9.17) is 0 Å². The molecule has 0 heterocycles. The van der Waals surface area contributed by atoms with Crippen molar-refractivity contribution in [1.82, 2.24) is 0 Å². The Hall–Kier alpha value is -2.20. The van der Waals surface area contributed by atoms with E-state index in [1.807, 2.05) is 43.3 Å². The summed E-state index contributed by atoms with van der Waals surface area (Å²) in [5.74, 6) is 0. The smallest absolute Gasteiger partial charge is 0.272 e.